The Morgan fingerprint density at radius 3 is 1.57 bits per heavy atom. The van der Waals surface area contributed by atoms with Gasteiger partial charge in [0.1, 0.15) is 0 Å². The summed E-state index contributed by atoms with van der Waals surface area (Å²) in [5, 5.41) is 1.27. The van der Waals surface area contributed by atoms with Crippen molar-refractivity contribution in [1.29, 1.82) is 0 Å². The molecule has 0 amide bonds. The second kappa shape index (κ2) is 14.1. The van der Waals surface area contributed by atoms with Crippen molar-refractivity contribution >= 4 is 19.6 Å². The zero-order chi connectivity index (χ0) is 20.1. The van der Waals surface area contributed by atoms with Crippen LogP contribution in [0.4, 0.5) is 0 Å². The summed E-state index contributed by atoms with van der Waals surface area (Å²) >= 11 is 0. The van der Waals surface area contributed by atoms with Gasteiger partial charge in [0.2, 0.25) is 0 Å². The summed E-state index contributed by atoms with van der Waals surface area (Å²) in [6.07, 6.45) is 1.85. The number of hydrogen-bond acceptors (Lipinski definition) is 1. The molecule has 0 saturated heterocycles. The van der Waals surface area contributed by atoms with Crippen LogP contribution in [0.25, 0.3) is 0 Å². The van der Waals surface area contributed by atoms with Crippen molar-refractivity contribution in [3.63, 3.8) is 0 Å². The van der Waals surface area contributed by atoms with E-state index in [1.807, 2.05) is 79.9 Å². The Balaban J connectivity index is 0.000000414. The maximum absolute atomic E-state index is 4.53. The smallest absolute Gasteiger partial charge is 0.663 e. The Bertz CT molecular complexity index is 738. The molecule has 0 unspecified atom stereocenters. The molecule has 0 bridgehead atoms. The maximum Gasteiger partial charge on any atom is 3.00 e. The monoisotopic (exact) mass is 423 g/mol. The van der Waals surface area contributed by atoms with E-state index < -0.39 is 8.07 Å². The molecule has 1 heterocycles. The minimum absolute atomic E-state index is 0. The molecule has 0 N–H and O–H groups in total. The summed E-state index contributed by atoms with van der Waals surface area (Å²) in [6, 6.07) is 23.9. The maximum atomic E-state index is 4.53. The molecule has 3 rings (SSSR count). The normalized spacial score (nSPS) is 10.1. The van der Waals surface area contributed by atoms with Gasteiger partial charge in [0, 0.05) is 12.8 Å². The summed E-state index contributed by atoms with van der Waals surface area (Å²) < 4.78 is 0. The molecule has 0 aliphatic heterocycles. The topological polar surface area (TPSA) is 26.5 Å². The third-order valence-corrected chi connectivity index (χ3v) is 5.34. The van der Waals surface area contributed by atoms with Crippen LogP contribution < -0.4 is 10.3 Å². The predicted octanol–water partition coefficient (Wildman–Crippen LogP) is 5.36. The van der Waals surface area contributed by atoms with Crippen LogP contribution in [0.1, 0.15) is 23.7 Å². The van der Waals surface area contributed by atoms with Gasteiger partial charge in [0.15, 0.2) is 0 Å². The Morgan fingerprint density at radius 1 is 0.821 bits per heavy atom. The number of hydrogen-bond donors (Lipinski definition) is 0. The van der Waals surface area contributed by atoms with Crippen LogP contribution in [0.2, 0.25) is 19.6 Å². The molecule has 0 saturated carbocycles. The molecule has 145 valence electrons. The predicted molar refractivity (Wildman–Crippen MR) is 123 cm³/mol. The molecule has 0 spiro atoms. The molecule has 2 aromatic carbocycles. The minimum atomic E-state index is -1.22. The first-order valence-electron chi connectivity index (χ1n) is 9.21. The van der Waals surface area contributed by atoms with Crippen molar-refractivity contribution in [1.82, 2.24) is 4.98 Å². The molecule has 1 radical (unpaired) electrons. The van der Waals surface area contributed by atoms with Gasteiger partial charge in [-0.15, -0.1) is 30.0 Å². The number of aromatic nitrogens is 1. The van der Waals surface area contributed by atoms with Crippen LogP contribution in [0.3, 0.4) is 0 Å². The Morgan fingerprint density at radius 2 is 1.29 bits per heavy atom. The van der Waals surface area contributed by atoms with Gasteiger partial charge in [-0.1, -0.05) is 43.9 Å². The van der Waals surface area contributed by atoms with Gasteiger partial charge in [0.25, 0.3) is 0 Å². The van der Waals surface area contributed by atoms with E-state index in [9.17, 15) is 0 Å². The van der Waals surface area contributed by atoms with Crippen LogP contribution in [-0.2, 0) is 21.7 Å². The zero-order valence-corrected chi connectivity index (χ0v) is 20.1. The van der Waals surface area contributed by atoms with E-state index in [2.05, 4.69) is 49.5 Å². The van der Waals surface area contributed by atoms with Gasteiger partial charge < -0.3 is 4.98 Å². The molecule has 0 atom stereocenters. The summed E-state index contributed by atoms with van der Waals surface area (Å²) in [5.41, 5.74) is 3.14. The Kier molecular flexibility index (Phi) is 13.1. The van der Waals surface area contributed by atoms with Crippen LogP contribution in [0.5, 0.6) is 0 Å². The van der Waals surface area contributed by atoms with Crippen LogP contribution >= 0.6 is 0 Å². The van der Waals surface area contributed by atoms with Crippen molar-refractivity contribution in [2.75, 3.05) is 6.54 Å². The SMILES string of the molecule is CCN=Cc1ccc([Si](C)(C)C)[n-]1.[CH2-]c1ccccc1.[CH2-]c1ccccc1.[Ti+3]. The summed E-state index contributed by atoms with van der Waals surface area (Å²) in [6.45, 7) is 17.2. The van der Waals surface area contributed by atoms with E-state index in [-0.39, 0.29) is 21.7 Å². The summed E-state index contributed by atoms with van der Waals surface area (Å²) in [5.74, 6) is 0. The standard InChI is InChI=1S/C10H17N2Si.2C7H7.Ti/c1-5-11-8-9-6-7-10(12-9)13(2,3)4;2*1-7-5-3-2-4-6-7;/h6-8H,5H2,1-4H3;2*2-6H,1H2;/q3*-1;+3. The third kappa shape index (κ3) is 11.7. The molecule has 4 heteroatoms. The van der Waals surface area contributed by atoms with Crippen LogP contribution in [0, 0.1) is 13.8 Å². The van der Waals surface area contributed by atoms with Gasteiger partial charge in [-0.2, -0.15) is 54.6 Å². The van der Waals surface area contributed by atoms with Gasteiger partial charge in [0.05, 0.1) is 8.07 Å². The number of rotatable bonds is 3. The Labute approximate surface area is 187 Å². The van der Waals surface area contributed by atoms with Crippen molar-refractivity contribution in [2.45, 2.75) is 26.6 Å². The van der Waals surface area contributed by atoms with Gasteiger partial charge >= 0.3 is 21.7 Å². The first-order chi connectivity index (χ1) is 12.8. The van der Waals surface area contributed by atoms with E-state index in [4.69, 9.17) is 0 Å². The molecule has 0 aliphatic carbocycles. The van der Waals surface area contributed by atoms with E-state index in [1.54, 1.807) is 0 Å². The summed E-state index contributed by atoms with van der Waals surface area (Å²) in [7, 11) is -1.22. The Hall–Kier alpha value is -1.94. The first kappa shape index (κ1) is 26.1. The average Bonchev–Trinajstić information content (AvgIpc) is 3.12. The fourth-order valence-electron chi connectivity index (χ4n) is 2.01. The second-order valence-electron chi connectivity index (χ2n) is 7.10. The zero-order valence-electron chi connectivity index (χ0n) is 17.5. The van der Waals surface area contributed by atoms with Gasteiger partial charge in [-0.3, -0.25) is 4.99 Å². The molecule has 0 fully saturated rings. The molecule has 3 aromatic rings. The van der Waals surface area contributed by atoms with E-state index in [0.29, 0.717) is 0 Å². The third-order valence-electron chi connectivity index (χ3n) is 3.52. The van der Waals surface area contributed by atoms with Crippen molar-refractivity contribution in [3.8, 4) is 0 Å². The number of benzene rings is 2. The van der Waals surface area contributed by atoms with Gasteiger partial charge in [-0.25, -0.2) is 0 Å². The van der Waals surface area contributed by atoms with E-state index in [0.717, 1.165) is 23.4 Å². The second-order valence-corrected chi connectivity index (χ2v) is 12.1. The molecular formula is C24H31N2SiTi. The molecular weight excluding hydrogens is 392 g/mol. The average molecular weight is 423 g/mol. The summed E-state index contributed by atoms with van der Waals surface area (Å²) in [4.78, 5) is 8.70. The van der Waals surface area contributed by atoms with E-state index >= 15 is 0 Å². The number of nitrogens with zero attached hydrogens (tertiary/aromatic N) is 2. The quantitative estimate of drug-likeness (QED) is 0.316. The largest absolute Gasteiger partial charge is 3.00 e. The molecule has 0 aliphatic rings. The van der Waals surface area contributed by atoms with E-state index in [1.165, 1.54) is 5.32 Å². The van der Waals surface area contributed by atoms with Crippen molar-refractivity contribution in [2.24, 2.45) is 4.99 Å². The van der Waals surface area contributed by atoms with Crippen LogP contribution in [-0.4, -0.2) is 20.8 Å². The fourth-order valence-corrected chi connectivity index (χ4v) is 3.06. The molecule has 2 nitrogen and oxygen atoms in total. The molecule has 28 heavy (non-hydrogen) atoms. The van der Waals surface area contributed by atoms with Gasteiger partial charge in [-0.05, 0) is 6.92 Å². The molecule has 1 aromatic heterocycles. The first-order valence-corrected chi connectivity index (χ1v) is 12.7. The van der Waals surface area contributed by atoms with Crippen molar-refractivity contribution < 1.29 is 21.7 Å². The van der Waals surface area contributed by atoms with Crippen LogP contribution in [0.15, 0.2) is 77.8 Å². The number of aliphatic imine (C=N–C) groups is 1. The fraction of sp³-hybridized carbons (Fsp3) is 0.208. The van der Waals surface area contributed by atoms with Crippen molar-refractivity contribution in [3.05, 3.63) is 103 Å². The minimum Gasteiger partial charge on any atom is -0.663 e.